The van der Waals surface area contributed by atoms with E-state index in [0.29, 0.717) is 6.61 Å². The van der Waals surface area contributed by atoms with Crippen molar-refractivity contribution in [1.82, 2.24) is 0 Å². The smallest absolute Gasteiger partial charge is 0.133 e. The van der Waals surface area contributed by atoms with Crippen molar-refractivity contribution in [3.8, 4) is 5.75 Å². The first kappa shape index (κ1) is 11.7. The molecule has 2 rings (SSSR count). The topological polar surface area (TPSA) is 9.23 Å². The minimum absolute atomic E-state index is 0.542. The van der Waals surface area contributed by atoms with E-state index in [1.807, 2.05) is 48.5 Å². The van der Waals surface area contributed by atoms with Gasteiger partial charge in [0.15, 0.2) is 0 Å². The maximum Gasteiger partial charge on any atom is 0.133 e. The summed E-state index contributed by atoms with van der Waals surface area (Å²) in [5.74, 6) is 0.906. The summed E-state index contributed by atoms with van der Waals surface area (Å²) in [6.45, 7) is 0.542. The number of para-hydroxylation sites is 1. The molecule has 2 aromatic carbocycles. The first-order chi connectivity index (χ1) is 7.75. The van der Waals surface area contributed by atoms with Crippen LogP contribution < -0.4 is 4.74 Å². The molecule has 0 N–H and O–H groups in total. The Morgan fingerprint density at radius 1 is 1.06 bits per heavy atom. The quantitative estimate of drug-likeness (QED) is 0.744. The fourth-order valence-corrected chi connectivity index (χ4v) is 2.11. The van der Waals surface area contributed by atoms with Crippen molar-refractivity contribution in [2.75, 3.05) is 0 Å². The van der Waals surface area contributed by atoms with Crippen LogP contribution in [0, 0.1) is 3.57 Å². The molecule has 0 saturated heterocycles. The second-order valence-electron chi connectivity index (χ2n) is 3.35. The van der Waals surface area contributed by atoms with Gasteiger partial charge in [-0.2, -0.15) is 0 Å². The van der Waals surface area contributed by atoms with Gasteiger partial charge in [-0.25, -0.2) is 0 Å². The number of ether oxygens (including phenoxy) is 1. The number of benzene rings is 2. The van der Waals surface area contributed by atoms with Gasteiger partial charge >= 0.3 is 0 Å². The predicted octanol–water partition coefficient (Wildman–Crippen LogP) is 4.52. The summed E-state index contributed by atoms with van der Waals surface area (Å²) < 4.78 is 6.82. The van der Waals surface area contributed by atoms with Crippen LogP contribution in [0.2, 0.25) is 5.02 Å². The number of halogens is 2. The molecule has 0 aliphatic heterocycles. The van der Waals surface area contributed by atoms with E-state index >= 15 is 0 Å². The summed E-state index contributed by atoms with van der Waals surface area (Å²) in [6, 6.07) is 15.6. The van der Waals surface area contributed by atoms with E-state index in [0.717, 1.165) is 19.9 Å². The van der Waals surface area contributed by atoms with E-state index in [1.54, 1.807) is 0 Å². The summed E-state index contributed by atoms with van der Waals surface area (Å²) in [6.07, 6.45) is 0. The van der Waals surface area contributed by atoms with E-state index < -0.39 is 0 Å². The van der Waals surface area contributed by atoms with Crippen LogP contribution in [0.25, 0.3) is 0 Å². The van der Waals surface area contributed by atoms with Crippen molar-refractivity contribution in [2.24, 2.45) is 0 Å². The molecule has 0 unspecified atom stereocenters. The minimum Gasteiger partial charge on any atom is -0.488 e. The van der Waals surface area contributed by atoms with Crippen LogP contribution in [0.4, 0.5) is 0 Å². The van der Waals surface area contributed by atoms with Gasteiger partial charge in [0, 0.05) is 5.02 Å². The average molecular weight is 345 g/mol. The van der Waals surface area contributed by atoms with Gasteiger partial charge in [0.25, 0.3) is 0 Å². The first-order valence-corrected chi connectivity index (χ1v) is 6.33. The molecule has 0 amide bonds. The molecule has 0 spiro atoms. The second-order valence-corrected chi connectivity index (χ2v) is 4.95. The summed E-state index contributed by atoms with van der Waals surface area (Å²) in [5, 5.41) is 0.740. The molecule has 0 radical (unpaired) electrons. The summed E-state index contributed by atoms with van der Waals surface area (Å²) in [7, 11) is 0. The van der Waals surface area contributed by atoms with Gasteiger partial charge in [0.05, 0.1) is 3.57 Å². The highest BCUT2D eigenvalue weighted by molar-refractivity contribution is 14.1. The number of hydrogen-bond donors (Lipinski definition) is 0. The molecule has 0 aromatic heterocycles. The Balaban J connectivity index is 2.05. The molecule has 0 atom stereocenters. The summed E-state index contributed by atoms with van der Waals surface area (Å²) >= 11 is 8.16. The Morgan fingerprint density at radius 3 is 2.62 bits per heavy atom. The van der Waals surface area contributed by atoms with Crippen molar-refractivity contribution < 1.29 is 4.74 Å². The van der Waals surface area contributed by atoms with E-state index in [4.69, 9.17) is 16.3 Å². The zero-order valence-electron chi connectivity index (χ0n) is 8.49. The summed E-state index contributed by atoms with van der Waals surface area (Å²) in [4.78, 5) is 0. The monoisotopic (exact) mass is 344 g/mol. The zero-order valence-corrected chi connectivity index (χ0v) is 11.4. The van der Waals surface area contributed by atoms with Gasteiger partial charge in [0.1, 0.15) is 12.4 Å². The van der Waals surface area contributed by atoms with Gasteiger partial charge in [-0.1, -0.05) is 35.9 Å². The van der Waals surface area contributed by atoms with Crippen LogP contribution >= 0.6 is 34.2 Å². The molecule has 0 saturated carbocycles. The van der Waals surface area contributed by atoms with Crippen LogP contribution in [0.3, 0.4) is 0 Å². The lowest BCUT2D eigenvalue weighted by molar-refractivity contribution is 0.304. The lowest BCUT2D eigenvalue weighted by atomic mass is 10.2. The van der Waals surface area contributed by atoms with Gasteiger partial charge in [-0.3, -0.25) is 0 Å². The third-order valence-corrected chi connectivity index (χ3v) is 3.25. The highest BCUT2D eigenvalue weighted by Gasteiger charge is 2.00. The lowest BCUT2D eigenvalue weighted by Gasteiger charge is -2.08. The molecule has 0 aliphatic rings. The maximum atomic E-state index is 5.90. The van der Waals surface area contributed by atoms with Crippen molar-refractivity contribution in [3.63, 3.8) is 0 Å². The molecular weight excluding hydrogens is 334 g/mol. The Hall–Kier alpha value is -0.740. The second kappa shape index (κ2) is 5.55. The number of hydrogen-bond acceptors (Lipinski definition) is 1. The normalized spacial score (nSPS) is 10.1. The van der Waals surface area contributed by atoms with Crippen molar-refractivity contribution >= 4 is 34.2 Å². The highest BCUT2D eigenvalue weighted by Crippen LogP contribution is 2.21. The molecule has 0 bridgehead atoms. The third kappa shape index (κ3) is 3.12. The van der Waals surface area contributed by atoms with Crippen molar-refractivity contribution in [1.29, 1.82) is 0 Å². The minimum atomic E-state index is 0.542. The number of rotatable bonds is 3. The summed E-state index contributed by atoms with van der Waals surface area (Å²) in [5.41, 5.74) is 1.08. The molecule has 2 aromatic rings. The van der Waals surface area contributed by atoms with Crippen LogP contribution in [0.1, 0.15) is 5.56 Å². The molecule has 82 valence electrons. The van der Waals surface area contributed by atoms with Gasteiger partial charge in [0.2, 0.25) is 0 Å². The van der Waals surface area contributed by atoms with Gasteiger partial charge < -0.3 is 4.74 Å². The van der Waals surface area contributed by atoms with Crippen LogP contribution in [0.15, 0.2) is 48.5 Å². The molecule has 3 heteroatoms. The zero-order chi connectivity index (χ0) is 11.4. The third-order valence-electron chi connectivity index (χ3n) is 2.12. The fourth-order valence-electron chi connectivity index (χ4n) is 1.35. The van der Waals surface area contributed by atoms with Crippen LogP contribution in [-0.4, -0.2) is 0 Å². The Morgan fingerprint density at radius 2 is 1.88 bits per heavy atom. The molecular formula is C13H10ClIO. The fraction of sp³-hybridized carbons (Fsp3) is 0.0769. The molecule has 0 aliphatic carbocycles. The van der Waals surface area contributed by atoms with E-state index in [9.17, 15) is 0 Å². The molecule has 0 fully saturated rings. The predicted molar refractivity (Wildman–Crippen MR) is 74.9 cm³/mol. The Bertz CT molecular complexity index is 485. The highest BCUT2D eigenvalue weighted by atomic mass is 127. The SMILES string of the molecule is Clc1cccc(COc2ccccc2I)c1. The largest absolute Gasteiger partial charge is 0.488 e. The average Bonchev–Trinajstić information content (AvgIpc) is 2.28. The standard InChI is InChI=1S/C13H10ClIO/c14-11-5-3-4-10(8-11)9-16-13-7-2-1-6-12(13)15/h1-8H,9H2. The van der Waals surface area contributed by atoms with E-state index in [1.165, 1.54) is 0 Å². The van der Waals surface area contributed by atoms with E-state index in [-0.39, 0.29) is 0 Å². The van der Waals surface area contributed by atoms with E-state index in [2.05, 4.69) is 22.6 Å². The van der Waals surface area contributed by atoms with Crippen LogP contribution in [-0.2, 0) is 6.61 Å². The molecule has 16 heavy (non-hydrogen) atoms. The maximum absolute atomic E-state index is 5.90. The van der Waals surface area contributed by atoms with Crippen molar-refractivity contribution in [3.05, 3.63) is 62.7 Å². The Labute approximate surface area is 114 Å². The van der Waals surface area contributed by atoms with Crippen molar-refractivity contribution in [2.45, 2.75) is 6.61 Å². The first-order valence-electron chi connectivity index (χ1n) is 4.87. The molecule has 0 heterocycles. The van der Waals surface area contributed by atoms with Crippen LogP contribution in [0.5, 0.6) is 5.75 Å². The molecule has 1 nitrogen and oxygen atoms in total. The van der Waals surface area contributed by atoms with Gasteiger partial charge in [-0.15, -0.1) is 0 Å². The Kier molecular flexibility index (Phi) is 4.07. The lowest BCUT2D eigenvalue weighted by Crippen LogP contribution is -1.96. The van der Waals surface area contributed by atoms with Gasteiger partial charge in [-0.05, 0) is 52.4 Å².